The topological polar surface area (TPSA) is 58.9 Å². The molecule has 0 unspecified atom stereocenters. The van der Waals surface area contributed by atoms with Crippen LogP contribution in [0.3, 0.4) is 0 Å². The van der Waals surface area contributed by atoms with E-state index in [1.54, 1.807) is 0 Å². The molecule has 0 aliphatic rings. The number of carboxylic acid groups (broad SMARTS) is 1. The van der Waals surface area contributed by atoms with Gasteiger partial charge in [-0.25, -0.2) is 4.79 Å². The molecule has 64 valence electrons. The van der Waals surface area contributed by atoms with Gasteiger partial charge in [-0.3, -0.25) is 4.99 Å². The van der Waals surface area contributed by atoms with Crippen LogP contribution in [0.1, 0.15) is 13.3 Å². The van der Waals surface area contributed by atoms with E-state index in [1.165, 1.54) is 0 Å². The van der Waals surface area contributed by atoms with Crippen molar-refractivity contribution in [3.8, 4) is 0 Å². The smallest absolute Gasteiger partial charge is 0.346 e. The Morgan fingerprint density at radius 3 is 3.00 bits per heavy atom. The lowest BCUT2D eigenvalue weighted by Crippen LogP contribution is -1.99. The third-order valence-corrected chi connectivity index (χ3v) is 0.982. The highest BCUT2D eigenvalue weighted by Crippen LogP contribution is 1.82. The summed E-state index contributed by atoms with van der Waals surface area (Å²) in [6.45, 7) is 3.78. The average Bonchev–Trinajstić information content (AvgIpc) is 1.96. The van der Waals surface area contributed by atoms with E-state index in [-0.39, 0.29) is 0 Å². The predicted molar refractivity (Wildman–Crippen MR) is 42.1 cm³/mol. The van der Waals surface area contributed by atoms with Gasteiger partial charge >= 0.3 is 5.97 Å². The lowest BCUT2D eigenvalue weighted by atomic mass is 10.4. The SMILES string of the molecule is CCOCCCN=CC(=O)O. The van der Waals surface area contributed by atoms with Crippen LogP contribution in [-0.2, 0) is 9.53 Å². The summed E-state index contributed by atoms with van der Waals surface area (Å²) in [5, 5.41) is 8.14. The molecule has 0 radical (unpaired) electrons. The van der Waals surface area contributed by atoms with E-state index in [1.807, 2.05) is 6.92 Å². The summed E-state index contributed by atoms with van der Waals surface area (Å²) in [6.07, 6.45) is 1.68. The van der Waals surface area contributed by atoms with Crippen LogP contribution in [0.15, 0.2) is 4.99 Å². The Morgan fingerprint density at radius 1 is 1.73 bits per heavy atom. The van der Waals surface area contributed by atoms with Crippen LogP contribution in [0.5, 0.6) is 0 Å². The van der Waals surface area contributed by atoms with Gasteiger partial charge in [-0.15, -0.1) is 0 Å². The number of rotatable bonds is 6. The van der Waals surface area contributed by atoms with Gasteiger partial charge in [0, 0.05) is 19.8 Å². The molecule has 0 aliphatic heterocycles. The molecule has 0 aliphatic carbocycles. The molecule has 4 heteroatoms. The molecular formula is C7H13NO3. The number of aliphatic carboxylic acids is 1. The Balaban J connectivity index is 3.07. The second-order valence-electron chi connectivity index (χ2n) is 1.92. The standard InChI is InChI=1S/C7H13NO3/c1-2-11-5-3-4-8-6-7(9)10/h6H,2-5H2,1H3,(H,9,10). The van der Waals surface area contributed by atoms with E-state index >= 15 is 0 Å². The van der Waals surface area contributed by atoms with E-state index in [2.05, 4.69) is 4.99 Å². The number of ether oxygens (including phenoxy) is 1. The van der Waals surface area contributed by atoms with Gasteiger partial charge in [0.25, 0.3) is 0 Å². The van der Waals surface area contributed by atoms with Crippen LogP contribution in [0.25, 0.3) is 0 Å². The summed E-state index contributed by atoms with van der Waals surface area (Å²) in [7, 11) is 0. The van der Waals surface area contributed by atoms with Crippen molar-refractivity contribution in [2.45, 2.75) is 13.3 Å². The second-order valence-corrected chi connectivity index (χ2v) is 1.92. The molecule has 0 bridgehead atoms. The summed E-state index contributed by atoms with van der Waals surface area (Å²) in [5.41, 5.74) is 0. The maximum atomic E-state index is 9.91. The predicted octanol–water partition coefficient (Wildman–Crippen LogP) is 0.568. The number of carbonyl (C=O) groups is 1. The molecule has 0 aromatic heterocycles. The van der Waals surface area contributed by atoms with Crippen LogP contribution in [0, 0.1) is 0 Å². The molecule has 1 N–H and O–H groups in total. The van der Waals surface area contributed by atoms with Crippen LogP contribution in [0.2, 0.25) is 0 Å². The summed E-state index contributed by atoms with van der Waals surface area (Å²) >= 11 is 0. The Kier molecular flexibility index (Phi) is 6.62. The number of carboxylic acids is 1. The van der Waals surface area contributed by atoms with E-state index in [4.69, 9.17) is 9.84 Å². The number of hydrogen-bond donors (Lipinski definition) is 1. The fraction of sp³-hybridized carbons (Fsp3) is 0.714. The molecule has 0 aromatic carbocycles. The van der Waals surface area contributed by atoms with E-state index in [0.29, 0.717) is 19.8 Å². The van der Waals surface area contributed by atoms with Crippen molar-refractivity contribution in [3.63, 3.8) is 0 Å². The van der Waals surface area contributed by atoms with Crippen molar-refractivity contribution >= 4 is 12.2 Å². The van der Waals surface area contributed by atoms with Crippen molar-refractivity contribution in [1.29, 1.82) is 0 Å². The van der Waals surface area contributed by atoms with Gasteiger partial charge in [-0.05, 0) is 13.3 Å². The van der Waals surface area contributed by atoms with Crippen LogP contribution < -0.4 is 0 Å². The zero-order chi connectivity index (χ0) is 8.53. The van der Waals surface area contributed by atoms with Gasteiger partial charge in [0.1, 0.15) is 6.21 Å². The third-order valence-electron chi connectivity index (χ3n) is 0.982. The molecule has 0 saturated heterocycles. The highest BCUT2D eigenvalue weighted by molar-refractivity contribution is 6.21. The van der Waals surface area contributed by atoms with Crippen molar-refractivity contribution in [3.05, 3.63) is 0 Å². The minimum atomic E-state index is -0.999. The van der Waals surface area contributed by atoms with Gasteiger partial charge in [-0.1, -0.05) is 0 Å². The first-order valence-electron chi connectivity index (χ1n) is 3.58. The summed E-state index contributed by atoms with van der Waals surface area (Å²) < 4.78 is 5.02. The molecule has 0 fully saturated rings. The minimum Gasteiger partial charge on any atom is -0.477 e. The Labute approximate surface area is 65.9 Å². The molecule has 0 saturated carbocycles. The molecule has 0 rings (SSSR count). The molecular weight excluding hydrogens is 146 g/mol. The Bertz CT molecular complexity index is 134. The second kappa shape index (κ2) is 7.21. The molecule has 0 spiro atoms. The Morgan fingerprint density at radius 2 is 2.45 bits per heavy atom. The molecule has 0 heterocycles. The number of aliphatic imine (C=N–C) groups is 1. The molecule has 4 nitrogen and oxygen atoms in total. The molecule has 0 aromatic rings. The molecule has 0 atom stereocenters. The normalized spacial score (nSPS) is 10.6. The van der Waals surface area contributed by atoms with Crippen molar-refractivity contribution in [2.75, 3.05) is 19.8 Å². The van der Waals surface area contributed by atoms with Crippen LogP contribution in [-0.4, -0.2) is 37.0 Å². The van der Waals surface area contributed by atoms with Gasteiger partial charge in [0.05, 0.1) is 0 Å². The van der Waals surface area contributed by atoms with E-state index in [0.717, 1.165) is 12.6 Å². The summed E-state index contributed by atoms with van der Waals surface area (Å²) in [5.74, 6) is -0.999. The highest BCUT2D eigenvalue weighted by atomic mass is 16.5. The molecule has 11 heavy (non-hydrogen) atoms. The van der Waals surface area contributed by atoms with E-state index < -0.39 is 5.97 Å². The van der Waals surface area contributed by atoms with Gasteiger partial charge in [0.2, 0.25) is 0 Å². The number of nitrogens with zero attached hydrogens (tertiary/aromatic N) is 1. The lowest BCUT2D eigenvalue weighted by molar-refractivity contribution is -0.128. The van der Waals surface area contributed by atoms with Gasteiger partial charge in [-0.2, -0.15) is 0 Å². The van der Waals surface area contributed by atoms with Gasteiger partial charge < -0.3 is 9.84 Å². The van der Waals surface area contributed by atoms with E-state index in [9.17, 15) is 4.79 Å². The lowest BCUT2D eigenvalue weighted by Gasteiger charge is -1.95. The maximum Gasteiger partial charge on any atom is 0.346 e. The first-order valence-corrected chi connectivity index (χ1v) is 3.58. The van der Waals surface area contributed by atoms with Crippen LogP contribution >= 0.6 is 0 Å². The van der Waals surface area contributed by atoms with Crippen molar-refractivity contribution < 1.29 is 14.6 Å². The number of hydrogen-bond acceptors (Lipinski definition) is 3. The quantitative estimate of drug-likeness (QED) is 0.455. The summed E-state index contributed by atoms with van der Waals surface area (Å²) in [4.78, 5) is 13.5. The average molecular weight is 159 g/mol. The zero-order valence-corrected chi connectivity index (χ0v) is 6.62. The first kappa shape index (κ1) is 10.1. The highest BCUT2D eigenvalue weighted by Gasteiger charge is 1.86. The third kappa shape index (κ3) is 9.10. The minimum absolute atomic E-state index is 0.520. The van der Waals surface area contributed by atoms with Crippen LogP contribution in [0.4, 0.5) is 0 Å². The fourth-order valence-electron chi connectivity index (χ4n) is 0.545. The first-order chi connectivity index (χ1) is 5.27. The Hall–Kier alpha value is -0.900. The van der Waals surface area contributed by atoms with Gasteiger partial charge in [0.15, 0.2) is 0 Å². The van der Waals surface area contributed by atoms with Crippen molar-refractivity contribution in [2.24, 2.45) is 4.99 Å². The summed E-state index contributed by atoms with van der Waals surface area (Å²) in [6, 6.07) is 0. The maximum absolute atomic E-state index is 9.91. The largest absolute Gasteiger partial charge is 0.477 e. The monoisotopic (exact) mass is 159 g/mol. The van der Waals surface area contributed by atoms with Crippen molar-refractivity contribution in [1.82, 2.24) is 0 Å². The molecule has 0 amide bonds. The zero-order valence-electron chi connectivity index (χ0n) is 6.62. The fourth-order valence-corrected chi connectivity index (χ4v) is 0.545.